The van der Waals surface area contributed by atoms with Gasteiger partial charge in [0.05, 0.1) is 18.8 Å². The smallest absolute Gasteiger partial charge is 0.412 e. The average molecular weight is 433 g/mol. The highest BCUT2D eigenvalue weighted by atomic mass is 16.6. The molecule has 1 amide bonds. The van der Waals surface area contributed by atoms with E-state index in [2.05, 4.69) is 32.2 Å². The van der Waals surface area contributed by atoms with Gasteiger partial charge in [0.2, 0.25) is 0 Å². The van der Waals surface area contributed by atoms with E-state index in [1.165, 1.54) is 0 Å². The zero-order valence-corrected chi connectivity index (χ0v) is 18.2. The number of piperazine rings is 1. The summed E-state index contributed by atoms with van der Waals surface area (Å²) in [5.74, 6) is 1.41. The Morgan fingerprint density at radius 1 is 1.00 bits per heavy atom. The maximum Gasteiger partial charge on any atom is 0.412 e. The molecule has 0 bridgehead atoms. The summed E-state index contributed by atoms with van der Waals surface area (Å²) in [5, 5.41) is 2.92. The second-order valence-corrected chi connectivity index (χ2v) is 7.58. The van der Waals surface area contributed by atoms with Crippen LogP contribution in [0.5, 0.6) is 11.5 Å². The largest absolute Gasteiger partial charge is 0.495 e. The Labute approximate surface area is 188 Å². The third-order valence-electron chi connectivity index (χ3n) is 5.64. The van der Waals surface area contributed by atoms with Crippen molar-refractivity contribution in [2.75, 3.05) is 44.7 Å². The molecule has 0 radical (unpaired) electrons. The van der Waals surface area contributed by atoms with Crippen LogP contribution in [0.15, 0.2) is 79.1 Å². The highest BCUT2D eigenvalue weighted by Gasteiger charge is 2.27. The molecule has 166 valence electrons. The van der Waals surface area contributed by atoms with E-state index in [-0.39, 0.29) is 6.04 Å². The number of hydrogen-bond donors (Lipinski definition) is 1. The lowest BCUT2D eigenvalue weighted by molar-refractivity contribution is 0.169. The molecule has 0 saturated carbocycles. The van der Waals surface area contributed by atoms with Crippen LogP contribution >= 0.6 is 0 Å². The molecule has 1 aromatic heterocycles. The van der Waals surface area contributed by atoms with Crippen LogP contribution in [0.25, 0.3) is 0 Å². The molecule has 2 heterocycles. The van der Waals surface area contributed by atoms with Crippen molar-refractivity contribution in [1.29, 1.82) is 0 Å². The lowest BCUT2D eigenvalue weighted by Crippen LogP contribution is -2.50. The molecular formula is C25H28N4O3. The van der Waals surface area contributed by atoms with Gasteiger partial charge in [0.25, 0.3) is 0 Å². The van der Waals surface area contributed by atoms with E-state index >= 15 is 0 Å². The third-order valence-corrected chi connectivity index (χ3v) is 5.64. The fraction of sp³-hybridized carbons (Fsp3) is 0.280. The SMILES string of the molecule is COc1ccccc1N1CCN([C@@H](CNC(=O)Oc2ccccc2)c2cccnc2)CC1. The molecule has 1 aliphatic heterocycles. The minimum absolute atomic E-state index is 0.00634. The Bertz CT molecular complexity index is 992. The lowest BCUT2D eigenvalue weighted by Gasteiger charge is -2.40. The Hall–Kier alpha value is -3.58. The van der Waals surface area contributed by atoms with E-state index in [1.807, 2.05) is 48.7 Å². The number of rotatable bonds is 7. The molecule has 1 atom stereocenters. The van der Waals surface area contributed by atoms with Gasteiger partial charge >= 0.3 is 6.09 Å². The summed E-state index contributed by atoms with van der Waals surface area (Å²) in [5.41, 5.74) is 2.18. The number of aromatic nitrogens is 1. The second-order valence-electron chi connectivity index (χ2n) is 7.58. The first-order valence-corrected chi connectivity index (χ1v) is 10.8. The number of carbonyl (C=O) groups excluding carboxylic acids is 1. The molecule has 1 fully saturated rings. The molecule has 4 rings (SSSR count). The van der Waals surface area contributed by atoms with Gasteiger partial charge in [0.1, 0.15) is 11.5 Å². The minimum atomic E-state index is -0.460. The number of benzene rings is 2. The van der Waals surface area contributed by atoms with Crippen LogP contribution in [0.4, 0.5) is 10.5 Å². The molecule has 7 nitrogen and oxygen atoms in total. The molecule has 32 heavy (non-hydrogen) atoms. The normalized spacial score (nSPS) is 15.1. The molecule has 1 aliphatic rings. The lowest BCUT2D eigenvalue weighted by atomic mass is 10.1. The summed E-state index contributed by atoms with van der Waals surface area (Å²) in [6.07, 6.45) is 3.16. The highest BCUT2D eigenvalue weighted by molar-refractivity contribution is 5.70. The maximum atomic E-state index is 12.3. The number of anilines is 1. The number of ether oxygens (including phenoxy) is 2. The van der Waals surface area contributed by atoms with Crippen molar-refractivity contribution in [1.82, 2.24) is 15.2 Å². The number of hydrogen-bond acceptors (Lipinski definition) is 6. The number of pyridine rings is 1. The fourth-order valence-electron chi connectivity index (χ4n) is 4.01. The predicted octanol–water partition coefficient (Wildman–Crippen LogP) is 3.74. The van der Waals surface area contributed by atoms with E-state index < -0.39 is 6.09 Å². The maximum absolute atomic E-state index is 12.3. The van der Waals surface area contributed by atoms with Gasteiger partial charge in [-0.1, -0.05) is 36.4 Å². The molecule has 1 N–H and O–H groups in total. The Balaban J connectivity index is 1.41. The zero-order valence-electron chi connectivity index (χ0n) is 18.2. The van der Waals surface area contributed by atoms with E-state index in [0.717, 1.165) is 43.2 Å². The summed E-state index contributed by atoms with van der Waals surface area (Å²) in [6, 6.07) is 21.2. The van der Waals surface area contributed by atoms with E-state index in [0.29, 0.717) is 12.3 Å². The third kappa shape index (κ3) is 5.36. The first-order chi connectivity index (χ1) is 15.7. The van der Waals surface area contributed by atoms with Crippen molar-refractivity contribution in [2.45, 2.75) is 6.04 Å². The van der Waals surface area contributed by atoms with Crippen LogP contribution in [-0.4, -0.2) is 55.8 Å². The fourth-order valence-corrected chi connectivity index (χ4v) is 4.01. The molecule has 7 heteroatoms. The molecule has 0 unspecified atom stereocenters. The number of nitrogens with zero attached hydrogens (tertiary/aromatic N) is 3. The van der Waals surface area contributed by atoms with E-state index in [4.69, 9.17) is 9.47 Å². The number of nitrogens with one attached hydrogen (secondary N) is 1. The zero-order chi connectivity index (χ0) is 22.2. The van der Waals surface area contributed by atoms with Gasteiger partial charge in [-0.05, 0) is 35.9 Å². The number of carbonyl (C=O) groups is 1. The average Bonchev–Trinajstić information content (AvgIpc) is 2.86. The molecule has 1 saturated heterocycles. The van der Waals surface area contributed by atoms with E-state index in [9.17, 15) is 4.79 Å². The summed E-state index contributed by atoms with van der Waals surface area (Å²) in [7, 11) is 1.70. The highest BCUT2D eigenvalue weighted by Crippen LogP contribution is 2.30. The van der Waals surface area contributed by atoms with Gasteiger partial charge in [0, 0.05) is 45.1 Å². The Morgan fingerprint density at radius 3 is 2.47 bits per heavy atom. The van der Waals surface area contributed by atoms with Crippen molar-refractivity contribution < 1.29 is 14.3 Å². The molecule has 2 aromatic carbocycles. The second kappa shape index (κ2) is 10.6. The predicted molar refractivity (Wildman–Crippen MR) is 124 cm³/mol. The van der Waals surface area contributed by atoms with Gasteiger partial charge < -0.3 is 19.7 Å². The summed E-state index contributed by atoms with van der Waals surface area (Å²) in [6.45, 7) is 3.88. The summed E-state index contributed by atoms with van der Waals surface area (Å²) >= 11 is 0. The Morgan fingerprint density at radius 2 is 1.75 bits per heavy atom. The Kier molecular flexibility index (Phi) is 7.19. The van der Waals surface area contributed by atoms with Crippen LogP contribution in [0.2, 0.25) is 0 Å². The quantitative estimate of drug-likeness (QED) is 0.614. The van der Waals surface area contributed by atoms with Gasteiger partial charge in [-0.15, -0.1) is 0 Å². The van der Waals surface area contributed by atoms with Crippen molar-refractivity contribution in [3.63, 3.8) is 0 Å². The molecular weight excluding hydrogens is 404 g/mol. The number of amides is 1. The molecule has 0 spiro atoms. The van der Waals surface area contributed by atoms with Crippen molar-refractivity contribution in [3.05, 3.63) is 84.7 Å². The van der Waals surface area contributed by atoms with Crippen LogP contribution in [0, 0.1) is 0 Å². The van der Waals surface area contributed by atoms with Crippen LogP contribution in [0.3, 0.4) is 0 Å². The number of para-hydroxylation sites is 3. The first kappa shape index (κ1) is 21.6. The van der Waals surface area contributed by atoms with Gasteiger partial charge in [-0.2, -0.15) is 0 Å². The van der Waals surface area contributed by atoms with Crippen molar-refractivity contribution >= 4 is 11.8 Å². The molecule has 0 aliphatic carbocycles. The van der Waals surface area contributed by atoms with Crippen molar-refractivity contribution in [2.24, 2.45) is 0 Å². The molecule has 3 aromatic rings. The van der Waals surface area contributed by atoms with Crippen LogP contribution < -0.4 is 19.7 Å². The monoisotopic (exact) mass is 432 g/mol. The summed E-state index contributed by atoms with van der Waals surface area (Å²) in [4.78, 5) is 21.4. The minimum Gasteiger partial charge on any atom is -0.495 e. The van der Waals surface area contributed by atoms with E-state index in [1.54, 1.807) is 25.4 Å². The van der Waals surface area contributed by atoms with Gasteiger partial charge in [-0.25, -0.2) is 4.79 Å². The summed E-state index contributed by atoms with van der Waals surface area (Å²) < 4.78 is 10.9. The van der Waals surface area contributed by atoms with Crippen molar-refractivity contribution in [3.8, 4) is 11.5 Å². The standard InChI is InChI=1S/C25H28N4O3/c1-31-24-12-6-5-11-22(24)28-14-16-29(17-15-28)23(20-8-7-13-26-18-20)19-27-25(30)32-21-9-3-2-4-10-21/h2-13,18,23H,14-17,19H2,1H3,(H,27,30)/t23-/m0/s1. The van der Waals surface area contributed by atoms with Gasteiger partial charge in [0.15, 0.2) is 0 Å². The topological polar surface area (TPSA) is 66.9 Å². The first-order valence-electron chi connectivity index (χ1n) is 10.8. The van der Waals surface area contributed by atoms with Crippen LogP contribution in [0.1, 0.15) is 11.6 Å². The van der Waals surface area contributed by atoms with Crippen LogP contribution in [-0.2, 0) is 0 Å². The number of methoxy groups -OCH3 is 1. The van der Waals surface area contributed by atoms with Gasteiger partial charge in [-0.3, -0.25) is 9.88 Å².